The third-order valence-electron chi connectivity index (χ3n) is 3.90. The third-order valence-corrected chi connectivity index (χ3v) is 5.27. The average molecular weight is 285 g/mol. The number of carbonyl (C=O) groups excluding carboxylic acids is 1. The van der Waals surface area contributed by atoms with Gasteiger partial charge in [-0.15, -0.1) is 0 Å². The van der Waals surface area contributed by atoms with Crippen LogP contribution in [0.3, 0.4) is 0 Å². The average Bonchev–Trinajstić information content (AvgIpc) is 2.97. The Hall–Kier alpha value is -1.35. The lowest BCUT2D eigenvalue weighted by molar-refractivity contribution is 0.102. The maximum Gasteiger partial charge on any atom is 0.172 e. The molecule has 0 amide bonds. The fourth-order valence-electron chi connectivity index (χ4n) is 2.73. The minimum absolute atomic E-state index is 0.240. The number of nitrogens with zero attached hydrogens (tertiary/aromatic N) is 1. The summed E-state index contributed by atoms with van der Waals surface area (Å²) in [5, 5.41) is 1.75. The Balaban J connectivity index is 1.72. The summed E-state index contributed by atoms with van der Waals surface area (Å²) in [7, 11) is 0. The normalized spacial score (nSPS) is 15.8. The first kappa shape index (κ1) is 13.6. The van der Waals surface area contributed by atoms with Crippen LogP contribution in [0.2, 0.25) is 0 Å². The highest BCUT2D eigenvalue weighted by molar-refractivity contribution is 8.00. The zero-order valence-corrected chi connectivity index (χ0v) is 12.6. The van der Waals surface area contributed by atoms with Crippen molar-refractivity contribution < 1.29 is 4.79 Å². The van der Waals surface area contributed by atoms with E-state index < -0.39 is 0 Å². The smallest absolute Gasteiger partial charge is 0.172 e. The highest BCUT2D eigenvalue weighted by atomic mass is 32.2. The molecule has 1 saturated carbocycles. The molecule has 0 unspecified atom stereocenters. The Morgan fingerprint density at radius 2 is 2.05 bits per heavy atom. The van der Waals surface area contributed by atoms with Crippen LogP contribution in [0.25, 0.3) is 10.9 Å². The van der Waals surface area contributed by atoms with Crippen molar-refractivity contribution in [3.05, 3.63) is 41.6 Å². The monoisotopic (exact) mass is 285 g/mol. The molecule has 0 radical (unpaired) electrons. The number of ketones is 1. The Morgan fingerprint density at radius 1 is 1.25 bits per heavy atom. The van der Waals surface area contributed by atoms with Crippen molar-refractivity contribution in [1.82, 2.24) is 4.98 Å². The Kier molecular flexibility index (Phi) is 4.06. The molecule has 0 atom stereocenters. The Bertz CT molecular complexity index is 632. The summed E-state index contributed by atoms with van der Waals surface area (Å²) in [5.41, 5.74) is 2.78. The van der Waals surface area contributed by atoms with Crippen LogP contribution in [0.15, 0.2) is 30.3 Å². The number of Topliss-reactive ketones (excluding diaryl/α,β-unsaturated/α-hetero) is 1. The summed E-state index contributed by atoms with van der Waals surface area (Å²) in [6.07, 6.45) is 5.21. The molecule has 1 aliphatic rings. The van der Waals surface area contributed by atoms with Crippen LogP contribution in [0.1, 0.15) is 41.7 Å². The molecule has 20 heavy (non-hydrogen) atoms. The minimum Gasteiger partial charge on any atom is -0.293 e. The summed E-state index contributed by atoms with van der Waals surface area (Å²) in [6, 6.07) is 9.86. The van der Waals surface area contributed by atoms with Crippen molar-refractivity contribution >= 4 is 28.4 Å². The van der Waals surface area contributed by atoms with Crippen LogP contribution >= 0.6 is 11.8 Å². The van der Waals surface area contributed by atoms with Gasteiger partial charge in [-0.05, 0) is 44.0 Å². The quantitative estimate of drug-likeness (QED) is 0.780. The summed E-state index contributed by atoms with van der Waals surface area (Å²) in [6.45, 7) is 1.98. The van der Waals surface area contributed by atoms with Gasteiger partial charge in [-0.3, -0.25) is 9.78 Å². The van der Waals surface area contributed by atoms with E-state index >= 15 is 0 Å². The molecule has 0 saturated heterocycles. The van der Waals surface area contributed by atoms with Gasteiger partial charge in [0.1, 0.15) is 0 Å². The summed E-state index contributed by atoms with van der Waals surface area (Å²) < 4.78 is 0. The lowest BCUT2D eigenvalue weighted by Crippen LogP contribution is -2.06. The predicted octanol–water partition coefficient (Wildman–Crippen LogP) is 4.40. The fraction of sp³-hybridized carbons (Fsp3) is 0.412. The minimum atomic E-state index is 0.240. The number of hydrogen-bond donors (Lipinski definition) is 0. The maximum absolute atomic E-state index is 12.3. The maximum atomic E-state index is 12.3. The molecule has 1 aromatic carbocycles. The molecular formula is C17H19NOS. The standard InChI is InChI=1S/C17H19NOS/c1-12-6-7-13-10-14(8-9-16(13)18-12)17(19)11-20-15-4-2-3-5-15/h6-10,15H,2-5,11H2,1H3. The van der Waals surface area contributed by atoms with Crippen LogP contribution < -0.4 is 0 Å². The molecule has 0 bridgehead atoms. The van der Waals surface area contributed by atoms with E-state index in [1.165, 1.54) is 25.7 Å². The second-order valence-electron chi connectivity index (χ2n) is 5.50. The van der Waals surface area contributed by atoms with Crippen molar-refractivity contribution in [2.24, 2.45) is 0 Å². The third kappa shape index (κ3) is 3.04. The largest absolute Gasteiger partial charge is 0.293 e. The van der Waals surface area contributed by atoms with Crippen LogP contribution in [-0.4, -0.2) is 21.8 Å². The van der Waals surface area contributed by atoms with E-state index in [0.29, 0.717) is 11.0 Å². The van der Waals surface area contributed by atoms with Gasteiger partial charge in [-0.25, -0.2) is 0 Å². The zero-order chi connectivity index (χ0) is 13.9. The number of thioether (sulfide) groups is 1. The molecular weight excluding hydrogens is 266 g/mol. The number of benzene rings is 1. The predicted molar refractivity (Wildman–Crippen MR) is 85.5 cm³/mol. The number of aromatic nitrogens is 1. The van der Waals surface area contributed by atoms with Crippen molar-refractivity contribution in [3.8, 4) is 0 Å². The van der Waals surface area contributed by atoms with E-state index in [2.05, 4.69) is 4.98 Å². The van der Waals surface area contributed by atoms with E-state index in [-0.39, 0.29) is 5.78 Å². The van der Waals surface area contributed by atoms with Crippen molar-refractivity contribution in [3.63, 3.8) is 0 Å². The van der Waals surface area contributed by atoms with Gasteiger partial charge >= 0.3 is 0 Å². The van der Waals surface area contributed by atoms with Gasteiger partial charge in [0.2, 0.25) is 0 Å². The van der Waals surface area contributed by atoms with Gasteiger partial charge in [-0.2, -0.15) is 11.8 Å². The fourth-order valence-corrected chi connectivity index (χ4v) is 3.95. The number of pyridine rings is 1. The molecule has 1 fully saturated rings. The lowest BCUT2D eigenvalue weighted by atomic mass is 10.1. The molecule has 104 valence electrons. The highest BCUT2D eigenvalue weighted by Gasteiger charge is 2.17. The number of fused-ring (bicyclic) bond motifs is 1. The second-order valence-corrected chi connectivity index (χ2v) is 6.79. The molecule has 0 spiro atoms. The zero-order valence-electron chi connectivity index (χ0n) is 11.8. The van der Waals surface area contributed by atoms with E-state index in [1.807, 2.05) is 49.0 Å². The summed E-state index contributed by atoms with van der Waals surface area (Å²) in [5.74, 6) is 0.847. The Labute approximate surface area is 124 Å². The van der Waals surface area contributed by atoms with Gasteiger partial charge in [0.15, 0.2) is 5.78 Å². The Morgan fingerprint density at radius 3 is 2.85 bits per heavy atom. The van der Waals surface area contributed by atoms with Gasteiger partial charge in [0.05, 0.1) is 11.3 Å². The van der Waals surface area contributed by atoms with Crippen LogP contribution in [-0.2, 0) is 0 Å². The summed E-state index contributed by atoms with van der Waals surface area (Å²) in [4.78, 5) is 16.7. The van der Waals surface area contributed by atoms with E-state index in [0.717, 1.165) is 22.2 Å². The number of rotatable bonds is 4. The molecule has 3 heteroatoms. The molecule has 3 rings (SSSR count). The number of carbonyl (C=O) groups is 1. The van der Waals surface area contributed by atoms with Crippen molar-refractivity contribution in [1.29, 1.82) is 0 Å². The number of aryl methyl sites for hydroxylation is 1. The SMILES string of the molecule is Cc1ccc2cc(C(=O)CSC3CCCC3)ccc2n1. The van der Waals surface area contributed by atoms with Gasteiger partial charge in [-0.1, -0.05) is 18.9 Å². The topological polar surface area (TPSA) is 30.0 Å². The molecule has 1 aliphatic carbocycles. The van der Waals surface area contributed by atoms with Gasteiger partial charge < -0.3 is 0 Å². The molecule has 0 N–H and O–H groups in total. The molecule has 2 nitrogen and oxygen atoms in total. The molecule has 2 aromatic rings. The number of hydrogen-bond acceptors (Lipinski definition) is 3. The van der Waals surface area contributed by atoms with Crippen molar-refractivity contribution in [2.75, 3.05) is 5.75 Å². The second kappa shape index (κ2) is 5.96. The van der Waals surface area contributed by atoms with Gasteiger partial charge in [0.25, 0.3) is 0 Å². The van der Waals surface area contributed by atoms with Crippen LogP contribution in [0.4, 0.5) is 0 Å². The molecule has 1 aromatic heterocycles. The van der Waals surface area contributed by atoms with E-state index in [4.69, 9.17) is 0 Å². The first-order chi connectivity index (χ1) is 9.72. The first-order valence-electron chi connectivity index (χ1n) is 7.24. The molecule has 0 aliphatic heterocycles. The summed E-state index contributed by atoms with van der Waals surface area (Å²) >= 11 is 1.83. The first-order valence-corrected chi connectivity index (χ1v) is 8.29. The van der Waals surface area contributed by atoms with Crippen molar-refractivity contribution in [2.45, 2.75) is 37.9 Å². The highest BCUT2D eigenvalue weighted by Crippen LogP contribution is 2.29. The van der Waals surface area contributed by atoms with Gasteiger partial charge in [0, 0.05) is 21.9 Å². The van der Waals surface area contributed by atoms with Crippen LogP contribution in [0, 0.1) is 6.92 Å². The van der Waals surface area contributed by atoms with E-state index in [9.17, 15) is 4.79 Å². The van der Waals surface area contributed by atoms with E-state index in [1.54, 1.807) is 0 Å². The lowest BCUT2D eigenvalue weighted by Gasteiger charge is -2.08. The van der Waals surface area contributed by atoms with Crippen LogP contribution in [0.5, 0.6) is 0 Å². The molecule has 1 heterocycles.